The molecular formula is C15H13N3O3. The molecule has 2 aromatic carbocycles. The predicted octanol–water partition coefficient (Wildman–Crippen LogP) is 3.88. The smallest absolute Gasteiger partial charge is 0.308 e. The molecule has 0 bridgehead atoms. The third kappa shape index (κ3) is 3.90. The third-order valence-electron chi connectivity index (χ3n) is 2.72. The number of non-ortho nitro benzene ring substituents is 1. The van der Waals surface area contributed by atoms with Crippen molar-refractivity contribution in [3.05, 3.63) is 70.8 Å². The molecule has 0 aliphatic heterocycles. The number of carbonyl (C=O) groups excluding carboxylic acids is 1. The first-order valence-corrected chi connectivity index (χ1v) is 6.13. The van der Waals surface area contributed by atoms with Crippen LogP contribution in [0.3, 0.4) is 0 Å². The van der Waals surface area contributed by atoms with E-state index in [0.29, 0.717) is 11.4 Å². The van der Waals surface area contributed by atoms with Crippen molar-refractivity contribution < 1.29 is 9.72 Å². The second-order valence-electron chi connectivity index (χ2n) is 4.21. The second kappa shape index (κ2) is 6.33. The third-order valence-corrected chi connectivity index (χ3v) is 2.72. The number of hydrogen-bond donors (Lipinski definition) is 2. The van der Waals surface area contributed by atoms with E-state index >= 15 is 0 Å². The van der Waals surface area contributed by atoms with Crippen molar-refractivity contribution in [3.63, 3.8) is 0 Å². The molecule has 21 heavy (non-hydrogen) atoms. The zero-order valence-corrected chi connectivity index (χ0v) is 11.1. The second-order valence-corrected chi connectivity index (χ2v) is 4.21. The zero-order chi connectivity index (χ0) is 15.2. The topological polar surface area (TPSA) is 84.3 Å². The van der Waals surface area contributed by atoms with Crippen LogP contribution in [0, 0.1) is 10.1 Å². The molecule has 0 saturated carbocycles. The van der Waals surface area contributed by atoms with Crippen LogP contribution in [0.5, 0.6) is 0 Å². The summed E-state index contributed by atoms with van der Waals surface area (Å²) in [6, 6.07) is 12.4. The van der Waals surface area contributed by atoms with E-state index in [1.807, 2.05) is 12.1 Å². The standard InChI is InChI=1S/C15H13N3O3/c1-2-11-6-8-12(9-7-11)16-15(19)17-13-4-3-5-14(10-13)18(20)21/h2-10H,1H2,(H2,16,17,19). The minimum Gasteiger partial charge on any atom is -0.308 e. The molecule has 0 aliphatic rings. The van der Waals surface area contributed by atoms with Gasteiger partial charge >= 0.3 is 6.03 Å². The number of benzene rings is 2. The summed E-state index contributed by atoms with van der Waals surface area (Å²) in [7, 11) is 0. The first-order chi connectivity index (χ1) is 10.1. The number of urea groups is 1. The Morgan fingerprint density at radius 3 is 2.38 bits per heavy atom. The fourth-order valence-corrected chi connectivity index (χ4v) is 1.69. The Hall–Kier alpha value is -3.15. The molecule has 0 aromatic heterocycles. The van der Waals surface area contributed by atoms with E-state index in [0.717, 1.165) is 5.56 Å². The lowest BCUT2D eigenvalue weighted by atomic mass is 10.2. The van der Waals surface area contributed by atoms with Crippen molar-refractivity contribution >= 4 is 29.2 Å². The summed E-state index contributed by atoms with van der Waals surface area (Å²) in [5.41, 5.74) is 1.83. The number of amides is 2. The SMILES string of the molecule is C=Cc1ccc(NC(=O)Nc2cccc([N+](=O)[O-])c2)cc1. The highest BCUT2D eigenvalue weighted by Gasteiger charge is 2.08. The van der Waals surface area contributed by atoms with Gasteiger partial charge in [0, 0.05) is 23.5 Å². The van der Waals surface area contributed by atoms with Crippen molar-refractivity contribution in [3.8, 4) is 0 Å². The van der Waals surface area contributed by atoms with Crippen molar-refractivity contribution in [1.82, 2.24) is 0 Å². The Morgan fingerprint density at radius 2 is 1.76 bits per heavy atom. The van der Waals surface area contributed by atoms with Crippen LogP contribution in [0.25, 0.3) is 6.08 Å². The van der Waals surface area contributed by atoms with Gasteiger partial charge in [-0.2, -0.15) is 0 Å². The minimum atomic E-state index is -0.517. The van der Waals surface area contributed by atoms with Gasteiger partial charge in [-0.15, -0.1) is 0 Å². The average Bonchev–Trinajstić information content (AvgIpc) is 2.48. The Balaban J connectivity index is 2.02. The number of carbonyl (C=O) groups is 1. The summed E-state index contributed by atoms with van der Waals surface area (Å²) < 4.78 is 0. The summed E-state index contributed by atoms with van der Waals surface area (Å²) in [6.07, 6.45) is 1.70. The Morgan fingerprint density at radius 1 is 1.10 bits per heavy atom. The normalized spacial score (nSPS) is 9.71. The lowest BCUT2D eigenvalue weighted by molar-refractivity contribution is -0.384. The Kier molecular flexibility index (Phi) is 4.30. The maximum absolute atomic E-state index is 11.8. The van der Waals surface area contributed by atoms with E-state index in [-0.39, 0.29) is 5.69 Å². The lowest BCUT2D eigenvalue weighted by Crippen LogP contribution is -2.19. The van der Waals surface area contributed by atoms with E-state index in [1.165, 1.54) is 18.2 Å². The summed E-state index contributed by atoms with van der Waals surface area (Å²) >= 11 is 0. The predicted molar refractivity (Wildman–Crippen MR) is 82.3 cm³/mol. The van der Waals surface area contributed by atoms with Gasteiger partial charge in [0.25, 0.3) is 5.69 Å². The van der Waals surface area contributed by atoms with Crippen LogP contribution < -0.4 is 10.6 Å². The number of nitro groups is 1. The van der Waals surface area contributed by atoms with Crippen LogP contribution in [-0.4, -0.2) is 11.0 Å². The molecule has 0 heterocycles. The van der Waals surface area contributed by atoms with Crippen LogP contribution in [0.2, 0.25) is 0 Å². The number of rotatable bonds is 4. The number of nitrogens with zero attached hydrogens (tertiary/aromatic N) is 1. The van der Waals surface area contributed by atoms with Crippen LogP contribution in [0.1, 0.15) is 5.56 Å². The average molecular weight is 283 g/mol. The van der Waals surface area contributed by atoms with Gasteiger partial charge in [0.05, 0.1) is 4.92 Å². The van der Waals surface area contributed by atoms with Gasteiger partial charge in [-0.25, -0.2) is 4.79 Å². The molecular weight excluding hydrogens is 270 g/mol. The van der Waals surface area contributed by atoms with Gasteiger partial charge in [0.1, 0.15) is 0 Å². The van der Waals surface area contributed by atoms with Crippen molar-refractivity contribution in [1.29, 1.82) is 0 Å². The highest BCUT2D eigenvalue weighted by Crippen LogP contribution is 2.17. The molecule has 6 heteroatoms. The van der Waals surface area contributed by atoms with Crippen molar-refractivity contribution in [2.45, 2.75) is 0 Å². The van der Waals surface area contributed by atoms with E-state index in [1.54, 1.807) is 24.3 Å². The summed E-state index contributed by atoms with van der Waals surface area (Å²) in [5, 5.41) is 15.8. The molecule has 2 rings (SSSR count). The minimum absolute atomic E-state index is 0.0804. The maximum Gasteiger partial charge on any atom is 0.323 e. The first kappa shape index (κ1) is 14.3. The van der Waals surface area contributed by atoms with Crippen molar-refractivity contribution in [2.24, 2.45) is 0 Å². The summed E-state index contributed by atoms with van der Waals surface area (Å²) in [6.45, 7) is 3.65. The summed E-state index contributed by atoms with van der Waals surface area (Å²) in [5.74, 6) is 0. The molecule has 0 fully saturated rings. The molecule has 0 radical (unpaired) electrons. The van der Waals surface area contributed by atoms with E-state index in [2.05, 4.69) is 17.2 Å². The van der Waals surface area contributed by atoms with E-state index in [9.17, 15) is 14.9 Å². The van der Waals surface area contributed by atoms with Gasteiger partial charge in [-0.05, 0) is 23.8 Å². The van der Waals surface area contributed by atoms with Crippen LogP contribution in [0.4, 0.5) is 21.9 Å². The number of nitro benzene ring substituents is 1. The number of nitrogens with one attached hydrogen (secondary N) is 2. The molecule has 2 N–H and O–H groups in total. The number of hydrogen-bond acceptors (Lipinski definition) is 3. The Labute approximate surface area is 121 Å². The molecule has 106 valence electrons. The molecule has 2 aromatic rings. The highest BCUT2D eigenvalue weighted by molar-refractivity contribution is 5.99. The highest BCUT2D eigenvalue weighted by atomic mass is 16.6. The monoisotopic (exact) mass is 283 g/mol. The van der Waals surface area contributed by atoms with Gasteiger partial charge in [-0.3, -0.25) is 10.1 Å². The molecule has 0 aliphatic carbocycles. The molecule has 0 spiro atoms. The van der Waals surface area contributed by atoms with Gasteiger partial charge in [0.15, 0.2) is 0 Å². The molecule has 6 nitrogen and oxygen atoms in total. The van der Waals surface area contributed by atoms with Gasteiger partial charge in [0.2, 0.25) is 0 Å². The quantitative estimate of drug-likeness (QED) is 0.659. The lowest BCUT2D eigenvalue weighted by Gasteiger charge is -2.07. The van der Waals surface area contributed by atoms with Crippen LogP contribution in [0.15, 0.2) is 55.1 Å². The first-order valence-electron chi connectivity index (χ1n) is 6.13. The largest absolute Gasteiger partial charge is 0.323 e. The maximum atomic E-state index is 11.8. The molecule has 0 unspecified atom stereocenters. The molecule has 2 amide bonds. The van der Waals surface area contributed by atoms with Crippen molar-refractivity contribution in [2.75, 3.05) is 10.6 Å². The zero-order valence-electron chi connectivity index (χ0n) is 11.1. The summed E-state index contributed by atoms with van der Waals surface area (Å²) in [4.78, 5) is 21.9. The number of anilines is 2. The Bertz CT molecular complexity index is 681. The van der Waals surface area contributed by atoms with E-state index in [4.69, 9.17) is 0 Å². The van der Waals surface area contributed by atoms with Crippen LogP contribution >= 0.6 is 0 Å². The fourth-order valence-electron chi connectivity index (χ4n) is 1.69. The molecule has 0 atom stereocenters. The van der Waals surface area contributed by atoms with Gasteiger partial charge < -0.3 is 10.6 Å². The van der Waals surface area contributed by atoms with Crippen LogP contribution in [-0.2, 0) is 0 Å². The van der Waals surface area contributed by atoms with Gasteiger partial charge in [-0.1, -0.05) is 30.9 Å². The van der Waals surface area contributed by atoms with E-state index < -0.39 is 11.0 Å². The fraction of sp³-hybridized carbons (Fsp3) is 0. The molecule has 0 saturated heterocycles.